The molecule has 2 N–H and O–H groups in total. The van der Waals surface area contributed by atoms with Crippen molar-refractivity contribution < 1.29 is 14.3 Å². The first-order valence-electron chi connectivity index (χ1n) is 11.0. The number of anilines is 2. The Morgan fingerprint density at radius 1 is 1.10 bits per heavy atom. The molecule has 0 radical (unpaired) electrons. The lowest BCUT2D eigenvalue weighted by atomic mass is 10.2. The lowest BCUT2D eigenvalue weighted by Crippen LogP contribution is -2.38. The molecule has 0 saturated carbocycles. The summed E-state index contributed by atoms with van der Waals surface area (Å²) < 4.78 is 11.3. The second kappa shape index (κ2) is 11.0. The molecule has 166 valence electrons. The number of aromatic nitrogens is 1. The zero-order valence-electron chi connectivity index (χ0n) is 17.9. The van der Waals surface area contributed by atoms with E-state index in [4.69, 9.17) is 9.47 Å². The van der Waals surface area contributed by atoms with E-state index in [0.717, 1.165) is 81.6 Å². The molecule has 2 aliphatic rings. The molecule has 1 aromatic heterocycles. The first-order chi connectivity index (χ1) is 15.3. The number of nitrogens with zero attached hydrogens (tertiary/aromatic N) is 3. The molecule has 2 saturated heterocycles. The number of carbonyl (C=O) groups excluding carboxylic acids is 1. The topological polar surface area (TPSA) is 79.0 Å². The van der Waals surface area contributed by atoms with Gasteiger partial charge in [0.2, 0.25) is 0 Å². The molecule has 0 spiro atoms. The van der Waals surface area contributed by atoms with Crippen molar-refractivity contribution in [2.75, 3.05) is 62.8 Å². The van der Waals surface area contributed by atoms with Crippen LogP contribution in [0, 0.1) is 0 Å². The number of rotatable bonds is 8. The zero-order chi connectivity index (χ0) is 21.3. The van der Waals surface area contributed by atoms with Crippen molar-refractivity contribution >= 4 is 17.5 Å². The average molecular weight is 426 g/mol. The number of pyridine rings is 1. The molecule has 8 heteroatoms. The summed E-state index contributed by atoms with van der Waals surface area (Å²) in [5, 5.41) is 5.87. The van der Waals surface area contributed by atoms with Gasteiger partial charge in [0.15, 0.2) is 5.82 Å². The van der Waals surface area contributed by atoms with Crippen molar-refractivity contribution in [3.05, 3.63) is 48.2 Å². The average Bonchev–Trinajstić information content (AvgIpc) is 3.34. The predicted molar refractivity (Wildman–Crippen MR) is 121 cm³/mol. The van der Waals surface area contributed by atoms with Gasteiger partial charge in [0.25, 0.3) is 0 Å². The summed E-state index contributed by atoms with van der Waals surface area (Å²) >= 11 is 0. The van der Waals surface area contributed by atoms with Crippen LogP contribution in [0.15, 0.2) is 42.6 Å². The molecule has 0 aliphatic carbocycles. The van der Waals surface area contributed by atoms with Gasteiger partial charge < -0.3 is 25.0 Å². The minimum Gasteiger partial charge on any atom is -0.492 e. The number of hydrogen-bond acceptors (Lipinski definition) is 6. The van der Waals surface area contributed by atoms with Gasteiger partial charge in [0.1, 0.15) is 12.4 Å². The van der Waals surface area contributed by atoms with Gasteiger partial charge in [-0.3, -0.25) is 4.90 Å². The number of benzene rings is 1. The smallest absolute Gasteiger partial charge is 0.319 e. The van der Waals surface area contributed by atoms with E-state index in [1.54, 1.807) is 6.20 Å². The van der Waals surface area contributed by atoms with Crippen LogP contribution in [0.5, 0.6) is 5.75 Å². The fourth-order valence-electron chi connectivity index (χ4n) is 3.89. The monoisotopic (exact) mass is 425 g/mol. The molecule has 2 aliphatic heterocycles. The highest BCUT2D eigenvalue weighted by Crippen LogP contribution is 2.26. The van der Waals surface area contributed by atoms with Crippen LogP contribution in [0.3, 0.4) is 0 Å². The predicted octanol–water partition coefficient (Wildman–Crippen LogP) is 2.71. The highest BCUT2D eigenvalue weighted by molar-refractivity contribution is 5.92. The van der Waals surface area contributed by atoms with Crippen molar-refractivity contribution in [2.24, 2.45) is 0 Å². The third-order valence-corrected chi connectivity index (χ3v) is 5.57. The molecule has 0 bridgehead atoms. The summed E-state index contributed by atoms with van der Waals surface area (Å²) in [5.41, 5.74) is 1.73. The van der Waals surface area contributed by atoms with Gasteiger partial charge in [-0.1, -0.05) is 12.1 Å². The molecule has 3 heterocycles. The van der Waals surface area contributed by atoms with E-state index in [1.165, 1.54) is 0 Å². The molecule has 31 heavy (non-hydrogen) atoms. The first-order valence-corrected chi connectivity index (χ1v) is 11.0. The Bertz CT molecular complexity index is 851. The summed E-state index contributed by atoms with van der Waals surface area (Å²) in [5.74, 6) is 1.65. The summed E-state index contributed by atoms with van der Waals surface area (Å²) in [6, 6.07) is 11.3. The van der Waals surface area contributed by atoms with Crippen LogP contribution in [-0.4, -0.2) is 68.5 Å². The maximum atomic E-state index is 12.5. The molecule has 8 nitrogen and oxygen atoms in total. The lowest BCUT2D eigenvalue weighted by Gasteiger charge is -2.26. The summed E-state index contributed by atoms with van der Waals surface area (Å²) in [4.78, 5) is 21.5. The van der Waals surface area contributed by atoms with Gasteiger partial charge in [-0.15, -0.1) is 0 Å². The molecule has 2 aromatic rings. The van der Waals surface area contributed by atoms with Crippen LogP contribution in [0.2, 0.25) is 0 Å². The Morgan fingerprint density at radius 3 is 2.77 bits per heavy atom. The van der Waals surface area contributed by atoms with Gasteiger partial charge in [-0.25, -0.2) is 9.78 Å². The maximum Gasteiger partial charge on any atom is 0.319 e. The lowest BCUT2D eigenvalue weighted by molar-refractivity contribution is 0.0322. The van der Waals surface area contributed by atoms with E-state index in [2.05, 4.69) is 25.4 Å². The Kier molecular flexibility index (Phi) is 7.57. The molecular formula is C23H31N5O3. The van der Waals surface area contributed by atoms with Crippen LogP contribution < -0.4 is 20.3 Å². The van der Waals surface area contributed by atoms with Gasteiger partial charge in [0, 0.05) is 45.5 Å². The van der Waals surface area contributed by atoms with E-state index in [-0.39, 0.29) is 6.03 Å². The minimum atomic E-state index is -0.243. The normalized spacial score (nSPS) is 16.8. The zero-order valence-corrected chi connectivity index (χ0v) is 17.9. The number of carbonyl (C=O) groups is 1. The number of morpholine rings is 1. The highest BCUT2D eigenvalue weighted by atomic mass is 16.5. The second-order valence-corrected chi connectivity index (χ2v) is 7.83. The van der Waals surface area contributed by atoms with Crippen molar-refractivity contribution in [1.29, 1.82) is 0 Å². The van der Waals surface area contributed by atoms with Crippen molar-refractivity contribution in [2.45, 2.75) is 19.4 Å². The third-order valence-electron chi connectivity index (χ3n) is 5.57. The third kappa shape index (κ3) is 6.32. The molecule has 4 rings (SSSR count). The fraction of sp³-hybridized carbons (Fsp3) is 0.478. The van der Waals surface area contributed by atoms with Crippen molar-refractivity contribution in [1.82, 2.24) is 15.2 Å². The molecular weight excluding hydrogens is 394 g/mol. The molecule has 0 atom stereocenters. The van der Waals surface area contributed by atoms with Crippen LogP contribution in [0.4, 0.5) is 16.3 Å². The molecule has 0 unspecified atom stereocenters. The van der Waals surface area contributed by atoms with Gasteiger partial charge in [0.05, 0.1) is 18.9 Å². The van der Waals surface area contributed by atoms with Crippen LogP contribution >= 0.6 is 0 Å². The standard InChI is InChI=1S/C23H31N5O3/c29-23(26-21-7-4-8-24-22(21)28-9-1-2-10-28)25-18-19-5-3-6-20(17-19)31-16-13-27-11-14-30-15-12-27/h3-8,17H,1-2,9-16,18H2,(H2,25,26,29). The maximum absolute atomic E-state index is 12.5. The number of ether oxygens (including phenoxy) is 2. The van der Waals surface area contributed by atoms with Crippen molar-refractivity contribution in [3.63, 3.8) is 0 Å². The summed E-state index contributed by atoms with van der Waals surface area (Å²) in [6.07, 6.45) is 4.08. The number of nitrogens with one attached hydrogen (secondary N) is 2. The number of hydrogen-bond donors (Lipinski definition) is 2. The molecule has 1 aromatic carbocycles. The fourth-order valence-corrected chi connectivity index (χ4v) is 3.89. The Hall–Kier alpha value is -2.84. The Morgan fingerprint density at radius 2 is 1.94 bits per heavy atom. The summed E-state index contributed by atoms with van der Waals surface area (Å²) in [7, 11) is 0. The van der Waals surface area contributed by atoms with E-state index in [9.17, 15) is 4.79 Å². The first kappa shape index (κ1) is 21.4. The van der Waals surface area contributed by atoms with E-state index in [0.29, 0.717) is 13.2 Å². The number of urea groups is 1. The molecule has 2 fully saturated rings. The summed E-state index contributed by atoms with van der Waals surface area (Å²) in [6.45, 7) is 7.40. The Balaban J connectivity index is 1.24. The molecule has 2 amide bonds. The second-order valence-electron chi connectivity index (χ2n) is 7.83. The van der Waals surface area contributed by atoms with Gasteiger partial charge in [-0.05, 0) is 42.7 Å². The Labute approximate surface area is 183 Å². The van der Waals surface area contributed by atoms with Crippen LogP contribution in [0.25, 0.3) is 0 Å². The van der Waals surface area contributed by atoms with Crippen LogP contribution in [0.1, 0.15) is 18.4 Å². The van der Waals surface area contributed by atoms with Gasteiger partial charge >= 0.3 is 6.03 Å². The van der Waals surface area contributed by atoms with E-state index < -0.39 is 0 Å². The highest BCUT2D eigenvalue weighted by Gasteiger charge is 2.18. The largest absolute Gasteiger partial charge is 0.492 e. The SMILES string of the molecule is O=C(NCc1cccc(OCCN2CCOCC2)c1)Nc1cccnc1N1CCCC1. The number of amides is 2. The van der Waals surface area contributed by atoms with Crippen LogP contribution in [-0.2, 0) is 11.3 Å². The van der Waals surface area contributed by atoms with E-state index >= 15 is 0 Å². The van der Waals surface area contributed by atoms with Crippen molar-refractivity contribution in [3.8, 4) is 5.75 Å². The van der Waals surface area contributed by atoms with E-state index in [1.807, 2.05) is 36.4 Å². The van der Waals surface area contributed by atoms with Gasteiger partial charge in [-0.2, -0.15) is 0 Å². The quantitative estimate of drug-likeness (QED) is 0.677. The minimum absolute atomic E-state index is 0.243.